The third-order valence-corrected chi connectivity index (χ3v) is 5.01. The van der Waals surface area contributed by atoms with Crippen molar-refractivity contribution in [3.63, 3.8) is 0 Å². The maximum Gasteiger partial charge on any atom is 0.326 e. The highest BCUT2D eigenvalue weighted by molar-refractivity contribution is 5.98. The number of nitrogens with zero attached hydrogens (tertiary/aromatic N) is 3. The molecule has 1 saturated heterocycles. The van der Waals surface area contributed by atoms with Crippen molar-refractivity contribution < 1.29 is 23.5 Å². The fraction of sp³-hybridized carbons (Fsp3) is 0.667. The molecule has 0 aromatic carbocycles. The van der Waals surface area contributed by atoms with Crippen LogP contribution in [0.4, 0.5) is 8.78 Å². The molecule has 1 aliphatic carbocycles. The summed E-state index contributed by atoms with van der Waals surface area (Å²) in [4.78, 5) is 25.5. The molecule has 1 amide bonds. The first-order chi connectivity index (χ1) is 10.8. The summed E-state index contributed by atoms with van der Waals surface area (Å²) in [5, 5.41) is 13.1. The number of hydrogen-bond donors (Lipinski definition) is 1. The van der Waals surface area contributed by atoms with Crippen molar-refractivity contribution in [2.45, 2.75) is 44.6 Å². The molecule has 1 spiro atoms. The van der Waals surface area contributed by atoms with Crippen molar-refractivity contribution in [1.29, 1.82) is 0 Å². The van der Waals surface area contributed by atoms with Crippen LogP contribution in [0.15, 0.2) is 6.20 Å². The maximum absolute atomic E-state index is 13.1. The van der Waals surface area contributed by atoms with E-state index in [1.165, 1.54) is 18.1 Å². The van der Waals surface area contributed by atoms with Crippen LogP contribution in [0.3, 0.4) is 0 Å². The van der Waals surface area contributed by atoms with Gasteiger partial charge < -0.3 is 10.0 Å². The van der Waals surface area contributed by atoms with Gasteiger partial charge in [0, 0.05) is 19.8 Å². The van der Waals surface area contributed by atoms with Gasteiger partial charge in [0.1, 0.15) is 11.7 Å². The number of halogens is 2. The first-order valence-corrected chi connectivity index (χ1v) is 7.68. The van der Waals surface area contributed by atoms with Gasteiger partial charge in [0.05, 0.1) is 5.56 Å². The zero-order valence-electron chi connectivity index (χ0n) is 12.8. The molecule has 2 aliphatic rings. The van der Waals surface area contributed by atoms with Gasteiger partial charge in [0.25, 0.3) is 12.3 Å². The lowest BCUT2D eigenvalue weighted by Crippen LogP contribution is -2.41. The molecule has 1 N–H and O–H groups in total. The van der Waals surface area contributed by atoms with Crippen LogP contribution in [0.5, 0.6) is 0 Å². The minimum absolute atomic E-state index is 0.175. The van der Waals surface area contributed by atoms with Gasteiger partial charge in [-0.3, -0.25) is 9.48 Å². The second kappa shape index (κ2) is 5.58. The van der Waals surface area contributed by atoms with Gasteiger partial charge in [0.2, 0.25) is 0 Å². The summed E-state index contributed by atoms with van der Waals surface area (Å²) in [6.07, 6.45) is 2.57. The fourth-order valence-corrected chi connectivity index (χ4v) is 3.96. The summed E-state index contributed by atoms with van der Waals surface area (Å²) in [5.74, 6) is -1.74. The van der Waals surface area contributed by atoms with Crippen LogP contribution in [-0.2, 0) is 11.8 Å². The highest BCUT2D eigenvalue weighted by Crippen LogP contribution is 2.48. The van der Waals surface area contributed by atoms with Crippen LogP contribution in [0.25, 0.3) is 0 Å². The van der Waals surface area contributed by atoms with Gasteiger partial charge in [-0.2, -0.15) is 5.10 Å². The lowest BCUT2D eigenvalue weighted by Gasteiger charge is -2.23. The SMILES string of the molecule is Cn1cc(C(=O)N2CC3(CCCC3)CC2C(=O)O)c(C(F)F)n1. The number of alkyl halides is 2. The topological polar surface area (TPSA) is 75.4 Å². The smallest absolute Gasteiger partial charge is 0.326 e. The lowest BCUT2D eigenvalue weighted by atomic mass is 9.84. The summed E-state index contributed by atoms with van der Waals surface area (Å²) < 4.78 is 27.3. The van der Waals surface area contributed by atoms with Gasteiger partial charge in [0.15, 0.2) is 0 Å². The second-order valence-electron chi connectivity index (χ2n) is 6.60. The van der Waals surface area contributed by atoms with Gasteiger partial charge in [-0.15, -0.1) is 0 Å². The molecule has 8 heteroatoms. The van der Waals surface area contributed by atoms with Gasteiger partial charge >= 0.3 is 5.97 Å². The van der Waals surface area contributed by atoms with Crippen LogP contribution < -0.4 is 0 Å². The van der Waals surface area contributed by atoms with Crippen LogP contribution >= 0.6 is 0 Å². The number of aromatic nitrogens is 2. The molecule has 126 valence electrons. The summed E-state index contributed by atoms with van der Waals surface area (Å²) in [6.45, 7) is 0.320. The van der Waals surface area contributed by atoms with Crippen molar-refractivity contribution in [3.8, 4) is 0 Å². The molecular weight excluding hydrogens is 308 g/mol. The predicted octanol–water partition coefficient (Wildman–Crippen LogP) is 2.22. The Hall–Kier alpha value is -1.99. The normalized spacial score (nSPS) is 23.1. The maximum atomic E-state index is 13.1. The van der Waals surface area contributed by atoms with E-state index in [2.05, 4.69) is 5.10 Å². The van der Waals surface area contributed by atoms with E-state index in [1.807, 2.05) is 0 Å². The van der Waals surface area contributed by atoms with Crippen molar-refractivity contribution >= 4 is 11.9 Å². The van der Waals surface area contributed by atoms with Crippen LogP contribution in [0, 0.1) is 5.41 Å². The Morgan fingerprint density at radius 1 is 1.39 bits per heavy atom. The van der Waals surface area contributed by atoms with Gasteiger partial charge in [-0.25, -0.2) is 13.6 Å². The Labute approximate surface area is 132 Å². The van der Waals surface area contributed by atoms with Crippen molar-refractivity contribution in [1.82, 2.24) is 14.7 Å². The molecule has 1 atom stereocenters. The number of amides is 1. The second-order valence-corrected chi connectivity index (χ2v) is 6.60. The fourth-order valence-electron chi connectivity index (χ4n) is 3.96. The highest BCUT2D eigenvalue weighted by atomic mass is 19.3. The Balaban J connectivity index is 1.92. The van der Waals surface area contributed by atoms with E-state index >= 15 is 0 Å². The molecule has 3 rings (SSSR count). The van der Waals surface area contributed by atoms with Crippen LogP contribution in [0.2, 0.25) is 0 Å². The molecule has 1 unspecified atom stereocenters. The zero-order valence-corrected chi connectivity index (χ0v) is 12.8. The van der Waals surface area contributed by atoms with Gasteiger partial charge in [-0.05, 0) is 24.7 Å². The molecule has 2 heterocycles. The van der Waals surface area contributed by atoms with E-state index < -0.39 is 30.0 Å². The van der Waals surface area contributed by atoms with E-state index in [0.717, 1.165) is 30.4 Å². The standard InChI is InChI=1S/C15H19F2N3O3/c1-19-7-9(11(18-19)12(16)17)13(21)20-8-15(4-2-3-5-15)6-10(20)14(22)23/h7,10,12H,2-6,8H2,1H3,(H,22,23). The molecule has 0 bridgehead atoms. The number of hydrogen-bond acceptors (Lipinski definition) is 3. The van der Waals surface area contributed by atoms with E-state index in [-0.39, 0.29) is 11.0 Å². The van der Waals surface area contributed by atoms with Crippen molar-refractivity contribution in [3.05, 3.63) is 17.5 Å². The first-order valence-electron chi connectivity index (χ1n) is 7.68. The molecular formula is C15H19F2N3O3. The molecule has 1 aliphatic heterocycles. The number of aliphatic carboxylic acids is 1. The first kappa shape index (κ1) is 15.9. The number of likely N-dealkylation sites (tertiary alicyclic amines) is 1. The molecule has 2 fully saturated rings. The number of carboxylic acids is 1. The van der Waals surface area contributed by atoms with Crippen LogP contribution in [-0.4, -0.2) is 44.3 Å². The third kappa shape index (κ3) is 2.70. The van der Waals surface area contributed by atoms with E-state index in [0.29, 0.717) is 13.0 Å². The summed E-state index contributed by atoms with van der Waals surface area (Å²) in [5.41, 5.74) is -0.968. The largest absolute Gasteiger partial charge is 0.480 e. The summed E-state index contributed by atoms with van der Waals surface area (Å²) in [6, 6.07) is -0.952. The predicted molar refractivity (Wildman–Crippen MR) is 76.1 cm³/mol. The van der Waals surface area contributed by atoms with Crippen molar-refractivity contribution in [2.24, 2.45) is 12.5 Å². The quantitative estimate of drug-likeness (QED) is 0.923. The average Bonchev–Trinajstić information content (AvgIpc) is 3.18. The van der Waals surface area contributed by atoms with E-state index in [9.17, 15) is 23.5 Å². The molecule has 23 heavy (non-hydrogen) atoms. The number of carbonyl (C=O) groups is 2. The summed E-state index contributed by atoms with van der Waals surface area (Å²) >= 11 is 0. The number of rotatable bonds is 3. The van der Waals surface area contributed by atoms with Gasteiger partial charge in [-0.1, -0.05) is 12.8 Å². The average molecular weight is 327 g/mol. The van der Waals surface area contributed by atoms with E-state index in [4.69, 9.17) is 0 Å². The Morgan fingerprint density at radius 3 is 2.61 bits per heavy atom. The Bertz CT molecular complexity index is 638. The third-order valence-electron chi connectivity index (χ3n) is 5.01. The number of aryl methyl sites for hydroxylation is 1. The monoisotopic (exact) mass is 327 g/mol. The number of carbonyl (C=O) groups excluding carboxylic acids is 1. The minimum Gasteiger partial charge on any atom is -0.480 e. The Kier molecular flexibility index (Phi) is 3.85. The van der Waals surface area contributed by atoms with E-state index in [1.54, 1.807) is 0 Å². The zero-order chi connectivity index (χ0) is 16.8. The summed E-state index contributed by atoms with van der Waals surface area (Å²) in [7, 11) is 1.46. The molecule has 1 aromatic rings. The highest BCUT2D eigenvalue weighted by Gasteiger charge is 2.50. The molecule has 1 aromatic heterocycles. The van der Waals surface area contributed by atoms with Crippen LogP contribution in [0.1, 0.15) is 54.6 Å². The molecule has 0 radical (unpaired) electrons. The minimum atomic E-state index is -2.87. The molecule has 6 nitrogen and oxygen atoms in total. The molecule has 1 saturated carbocycles. The number of carboxylic acid groups (broad SMARTS) is 1. The van der Waals surface area contributed by atoms with Crippen molar-refractivity contribution in [2.75, 3.05) is 6.54 Å². The Morgan fingerprint density at radius 2 is 2.04 bits per heavy atom. The lowest BCUT2D eigenvalue weighted by molar-refractivity contribution is -0.141.